The molecule has 0 aliphatic heterocycles. The lowest BCUT2D eigenvalue weighted by Crippen LogP contribution is -2.35. The number of nitrogens with one attached hydrogen (secondary N) is 1. The van der Waals surface area contributed by atoms with Crippen LogP contribution < -0.4 is 10.1 Å². The average molecular weight is 269 g/mol. The summed E-state index contributed by atoms with van der Waals surface area (Å²) < 4.78 is 10.2. The first kappa shape index (κ1) is 14.9. The summed E-state index contributed by atoms with van der Waals surface area (Å²) in [6.45, 7) is 2.38. The van der Waals surface area contributed by atoms with Crippen molar-refractivity contribution in [2.24, 2.45) is 0 Å². The molecule has 0 saturated carbocycles. The van der Waals surface area contributed by atoms with Gasteiger partial charge in [-0.3, -0.25) is 4.79 Å². The fraction of sp³-hybridized carbons (Fsp3) is 0.462. The van der Waals surface area contributed by atoms with Crippen LogP contribution in [0.1, 0.15) is 17.3 Å². The normalized spacial score (nSPS) is 12.0. The van der Waals surface area contributed by atoms with E-state index >= 15 is 0 Å². The minimum atomic E-state index is -0.149. The van der Waals surface area contributed by atoms with Gasteiger partial charge in [0.2, 0.25) is 0 Å². The van der Waals surface area contributed by atoms with Crippen LogP contribution in [-0.4, -0.2) is 39.0 Å². The Hall–Kier alpha value is -1.20. The van der Waals surface area contributed by atoms with E-state index < -0.39 is 0 Å². The highest BCUT2D eigenvalue weighted by Crippen LogP contribution is 2.25. The number of amides is 1. The van der Waals surface area contributed by atoms with Gasteiger partial charge < -0.3 is 14.8 Å². The Morgan fingerprint density at radius 2 is 2.17 bits per heavy atom. The predicted octanol–water partition coefficient (Wildman–Crippen LogP) is 2.18. The third kappa shape index (κ3) is 3.92. The summed E-state index contributed by atoms with van der Waals surface area (Å²) in [7, 11) is 3.17. The predicted molar refractivity (Wildman–Crippen MR) is 73.6 cm³/mol. The summed E-state index contributed by atoms with van der Waals surface area (Å²) in [4.78, 5) is 13.1. The van der Waals surface area contributed by atoms with Gasteiger partial charge in [0.15, 0.2) is 0 Å². The van der Waals surface area contributed by atoms with Crippen LogP contribution in [-0.2, 0) is 4.74 Å². The smallest absolute Gasteiger partial charge is 0.255 e. The van der Waals surface area contributed by atoms with Crippen molar-refractivity contribution in [3.05, 3.63) is 23.8 Å². The first-order valence-corrected chi connectivity index (χ1v) is 6.86. The van der Waals surface area contributed by atoms with Gasteiger partial charge in [0.05, 0.1) is 19.3 Å². The van der Waals surface area contributed by atoms with Crippen LogP contribution in [0.4, 0.5) is 0 Å². The van der Waals surface area contributed by atoms with E-state index in [1.165, 1.54) is 0 Å². The van der Waals surface area contributed by atoms with Gasteiger partial charge in [-0.1, -0.05) is 0 Å². The molecule has 18 heavy (non-hydrogen) atoms. The van der Waals surface area contributed by atoms with E-state index in [1.807, 2.05) is 25.3 Å². The first-order valence-electron chi connectivity index (χ1n) is 5.64. The van der Waals surface area contributed by atoms with Crippen molar-refractivity contribution in [2.45, 2.75) is 17.9 Å². The number of carbonyl (C=O) groups is 1. The van der Waals surface area contributed by atoms with E-state index in [-0.39, 0.29) is 11.9 Å². The summed E-state index contributed by atoms with van der Waals surface area (Å²) in [6.07, 6.45) is 1.98. The van der Waals surface area contributed by atoms with Gasteiger partial charge in [0.25, 0.3) is 5.91 Å². The molecular formula is C13H19NO3S. The van der Waals surface area contributed by atoms with Crippen molar-refractivity contribution in [1.29, 1.82) is 0 Å². The van der Waals surface area contributed by atoms with Crippen molar-refractivity contribution in [3.63, 3.8) is 0 Å². The molecule has 0 heterocycles. The molecule has 4 nitrogen and oxygen atoms in total. The molecule has 0 spiro atoms. The molecule has 100 valence electrons. The van der Waals surface area contributed by atoms with Gasteiger partial charge >= 0.3 is 0 Å². The standard InChI is InChI=1S/C13H19NO3S/c1-9(8-16-2)14-13(15)11-6-5-10(18-4)7-12(11)17-3/h5-7,9H,8H2,1-4H3,(H,14,15)/t9-/m0/s1. The third-order valence-electron chi connectivity index (χ3n) is 2.45. The number of benzene rings is 1. The molecule has 1 atom stereocenters. The maximum absolute atomic E-state index is 12.1. The zero-order valence-electron chi connectivity index (χ0n) is 11.1. The Bertz CT molecular complexity index is 409. The number of hydrogen-bond donors (Lipinski definition) is 1. The van der Waals surface area contributed by atoms with E-state index in [1.54, 1.807) is 32.0 Å². The highest BCUT2D eigenvalue weighted by molar-refractivity contribution is 7.98. The van der Waals surface area contributed by atoms with Gasteiger partial charge in [-0.05, 0) is 31.4 Å². The van der Waals surface area contributed by atoms with Gasteiger partial charge in [-0.25, -0.2) is 0 Å². The number of methoxy groups -OCH3 is 2. The van der Waals surface area contributed by atoms with Crippen LogP contribution in [0.5, 0.6) is 5.75 Å². The lowest BCUT2D eigenvalue weighted by molar-refractivity contribution is 0.0902. The van der Waals surface area contributed by atoms with Crippen LogP contribution in [0.2, 0.25) is 0 Å². The molecule has 1 aromatic rings. The second kappa shape index (κ2) is 7.28. The fourth-order valence-corrected chi connectivity index (χ4v) is 2.01. The van der Waals surface area contributed by atoms with Crippen LogP contribution in [0.15, 0.2) is 23.1 Å². The lowest BCUT2D eigenvalue weighted by atomic mass is 10.1. The highest BCUT2D eigenvalue weighted by atomic mass is 32.2. The molecule has 0 aromatic heterocycles. The monoisotopic (exact) mass is 269 g/mol. The Labute approximate surface area is 112 Å². The van der Waals surface area contributed by atoms with E-state index in [4.69, 9.17) is 9.47 Å². The zero-order chi connectivity index (χ0) is 13.5. The number of thioether (sulfide) groups is 1. The minimum absolute atomic E-state index is 0.0348. The Morgan fingerprint density at radius 1 is 1.44 bits per heavy atom. The molecule has 5 heteroatoms. The summed E-state index contributed by atoms with van der Waals surface area (Å²) in [5.41, 5.74) is 0.540. The van der Waals surface area contributed by atoms with Gasteiger partial charge in [-0.2, -0.15) is 0 Å². The summed E-state index contributed by atoms with van der Waals surface area (Å²) in [5.74, 6) is 0.438. The molecule has 1 aromatic carbocycles. The van der Waals surface area contributed by atoms with Crippen LogP contribution in [0, 0.1) is 0 Å². The summed E-state index contributed by atoms with van der Waals surface area (Å²) in [6, 6.07) is 5.51. The number of rotatable bonds is 6. The molecule has 1 rings (SSSR count). The molecule has 1 amide bonds. The van der Waals surface area contributed by atoms with Crippen molar-refractivity contribution in [1.82, 2.24) is 5.32 Å². The van der Waals surface area contributed by atoms with Crippen molar-refractivity contribution in [3.8, 4) is 5.75 Å². The third-order valence-corrected chi connectivity index (χ3v) is 3.17. The molecule has 0 fully saturated rings. The Kier molecular flexibility index (Phi) is 6.01. The number of hydrogen-bond acceptors (Lipinski definition) is 4. The van der Waals surface area contributed by atoms with E-state index in [0.29, 0.717) is 17.9 Å². The lowest BCUT2D eigenvalue weighted by Gasteiger charge is -2.14. The van der Waals surface area contributed by atoms with Crippen LogP contribution >= 0.6 is 11.8 Å². The molecule has 0 aliphatic rings. The van der Waals surface area contributed by atoms with Crippen molar-refractivity contribution in [2.75, 3.05) is 27.1 Å². The summed E-state index contributed by atoms with van der Waals surface area (Å²) >= 11 is 1.61. The van der Waals surface area contributed by atoms with E-state index in [0.717, 1.165) is 4.90 Å². The molecule has 1 N–H and O–H groups in total. The largest absolute Gasteiger partial charge is 0.496 e. The molecule has 0 bridgehead atoms. The first-order chi connectivity index (χ1) is 8.62. The maximum Gasteiger partial charge on any atom is 0.255 e. The summed E-state index contributed by atoms with van der Waals surface area (Å²) in [5, 5.41) is 2.86. The molecule has 0 radical (unpaired) electrons. The second-order valence-corrected chi connectivity index (χ2v) is 4.78. The maximum atomic E-state index is 12.1. The van der Waals surface area contributed by atoms with E-state index in [9.17, 15) is 4.79 Å². The SMILES string of the molecule is COC[C@H](C)NC(=O)c1ccc(SC)cc1OC. The fourth-order valence-electron chi connectivity index (χ4n) is 1.58. The highest BCUT2D eigenvalue weighted by Gasteiger charge is 2.14. The number of carbonyl (C=O) groups excluding carboxylic acids is 1. The van der Waals surface area contributed by atoms with Gasteiger partial charge in [0.1, 0.15) is 5.75 Å². The van der Waals surface area contributed by atoms with Crippen LogP contribution in [0.25, 0.3) is 0 Å². The van der Waals surface area contributed by atoms with E-state index in [2.05, 4.69) is 5.32 Å². The molecule has 0 aliphatic carbocycles. The van der Waals surface area contributed by atoms with Gasteiger partial charge in [-0.15, -0.1) is 11.8 Å². The molecule has 0 saturated heterocycles. The molecular weight excluding hydrogens is 250 g/mol. The molecule has 0 unspecified atom stereocenters. The topological polar surface area (TPSA) is 47.6 Å². The quantitative estimate of drug-likeness (QED) is 0.804. The average Bonchev–Trinajstić information content (AvgIpc) is 2.38. The minimum Gasteiger partial charge on any atom is -0.496 e. The second-order valence-electron chi connectivity index (χ2n) is 3.90. The van der Waals surface area contributed by atoms with Crippen molar-refractivity contribution < 1.29 is 14.3 Å². The zero-order valence-corrected chi connectivity index (χ0v) is 12.0. The Balaban J connectivity index is 2.84. The Morgan fingerprint density at radius 3 is 2.72 bits per heavy atom. The van der Waals surface area contributed by atoms with Gasteiger partial charge in [0, 0.05) is 18.0 Å². The number of ether oxygens (including phenoxy) is 2. The van der Waals surface area contributed by atoms with Crippen LogP contribution in [0.3, 0.4) is 0 Å². The van der Waals surface area contributed by atoms with Crippen molar-refractivity contribution >= 4 is 17.7 Å².